The minimum Gasteiger partial charge on any atom is -0.493 e. The van der Waals surface area contributed by atoms with Gasteiger partial charge in [-0.25, -0.2) is 4.39 Å². The number of nitrogens with one attached hydrogen (secondary N) is 1. The van der Waals surface area contributed by atoms with E-state index in [0.717, 1.165) is 17.6 Å². The SMILES string of the molecule is COc1ccc(-c2nnn(CC(=O)N(Cc3ccco3)C(C(=O)NCC3CCCO3)c3ccc(F)cc3)n2)cc1OC. The molecule has 2 unspecified atom stereocenters. The number of carbonyl (C=O) groups excluding carboxylic acids is 2. The van der Waals surface area contributed by atoms with Crippen molar-refractivity contribution in [3.8, 4) is 22.9 Å². The fraction of sp³-hybridized carbons (Fsp3) is 0.345. The molecule has 1 saturated heterocycles. The summed E-state index contributed by atoms with van der Waals surface area (Å²) in [6.45, 7) is 0.579. The Morgan fingerprint density at radius 2 is 1.95 bits per heavy atom. The Balaban J connectivity index is 1.41. The fourth-order valence-corrected chi connectivity index (χ4v) is 4.74. The Labute approximate surface area is 241 Å². The second-order valence-electron chi connectivity index (χ2n) is 9.65. The predicted octanol–water partition coefficient (Wildman–Crippen LogP) is 3.15. The van der Waals surface area contributed by atoms with Crippen LogP contribution in [0.4, 0.5) is 4.39 Å². The molecule has 1 aliphatic rings. The molecule has 42 heavy (non-hydrogen) atoms. The normalized spacial score (nSPS) is 15.3. The highest BCUT2D eigenvalue weighted by Crippen LogP contribution is 2.31. The van der Waals surface area contributed by atoms with E-state index in [-0.39, 0.29) is 25.0 Å². The topological polar surface area (TPSA) is 134 Å². The van der Waals surface area contributed by atoms with Crippen LogP contribution in [0.5, 0.6) is 11.5 Å². The summed E-state index contributed by atoms with van der Waals surface area (Å²) in [5.41, 5.74) is 1.04. The number of halogens is 1. The summed E-state index contributed by atoms with van der Waals surface area (Å²) < 4.78 is 35.6. The maximum Gasteiger partial charge on any atom is 0.247 e. The lowest BCUT2D eigenvalue weighted by Gasteiger charge is -2.31. The van der Waals surface area contributed by atoms with Crippen LogP contribution in [0.1, 0.15) is 30.2 Å². The Morgan fingerprint density at radius 1 is 1.14 bits per heavy atom. The highest BCUT2D eigenvalue weighted by atomic mass is 19.1. The molecule has 1 aliphatic heterocycles. The van der Waals surface area contributed by atoms with E-state index >= 15 is 0 Å². The maximum absolute atomic E-state index is 13.9. The van der Waals surface area contributed by atoms with Crippen molar-refractivity contribution in [2.24, 2.45) is 0 Å². The third-order valence-corrected chi connectivity index (χ3v) is 6.87. The summed E-state index contributed by atoms with van der Waals surface area (Å²) in [6.07, 6.45) is 3.13. The molecule has 3 heterocycles. The van der Waals surface area contributed by atoms with Crippen LogP contribution >= 0.6 is 0 Å². The molecule has 1 fully saturated rings. The summed E-state index contributed by atoms with van der Waals surface area (Å²) in [5.74, 6) is 0.380. The minimum absolute atomic E-state index is 0.0293. The summed E-state index contributed by atoms with van der Waals surface area (Å²) in [6, 6.07) is 12.9. The number of amides is 2. The van der Waals surface area contributed by atoms with Gasteiger partial charge in [0.25, 0.3) is 0 Å². The van der Waals surface area contributed by atoms with E-state index in [4.69, 9.17) is 18.6 Å². The zero-order chi connectivity index (χ0) is 29.5. The molecular formula is C29H31FN6O6. The van der Waals surface area contributed by atoms with Gasteiger partial charge in [0.05, 0.1) is 33.1 Å². The Bertz CT molecular complexity index is 1490. The maximum atomic E-state index is 13.9. The number of rotatable bonds is 12. The first kappa shape index (κ1) is 28.7. The molecule has 2 aromatic carbocycles. The van der Waals surface area contributed by atoms with Crippen LogP contribution in [0, 0.1) is 5.82 Å². The Hall–Kier alpha value is -4.78. The first-order valence-corrected chi connectivity index (χ1v) is 13.4. The number of aromatic nitrogens is 4. The molecule has 1 N–H and O–H groups in total. The molecule has 2 aromatic heterocycles. The third kappa shape index (κ3) is 6.74. The minimum atomic E-state index is -1.10. The average Bonchev–Trinajstić information content (AvgIpc) is 3.80. The first-order valence-electron chi connectivity index (χ1n) is 13.4. The number of carbonyl (C=O) groups is 2. The number of hydrogen-bond donors (Lipinski definition) is 1. The molecular weight excluding hydrogens is 547 g/mol. The number of hydrogen-bond acceptors (Lipinski definition) is 9. The molecule has 0 aliphatic carbocycles. The molecule has 0 spiro atoms. The van der Waals surface area contributed by atoms with Gasteiger partial charge in [0, 0.05) is 18.7 Å². The lowest BCUT2D eigenvalue weighted by atomic mass is 10.0. The van der Waals surface area contributed by atoms with E-state index in [1.165, 1.54) is 49.6 Å². The molecule has 5 rings (SSSR count). The molecule has 13 heteroatoms. The van der Waals surface area contributed by atoms with Crippen molar-refractivity contribution in [1.29, 1.82) is 0 Å². The van der Waals surface area contributed by atoms with Crippen LogP contribution in [0.25, 0.3) is 11.4 Å². The smallest absolute Gasteiger partial charge is 0.247 e. The van der Waals surface area contributed by atoms with Crippen molar-refractivity contribution in [2.45, 2.75) is 38.1 Å². The molecule has 2 atom stereocenters. The van der Waals surface area contributed by atoms with Gasteiger partial charge in [0.1, 0.15) is 24.2 Å². The summed E-state index contributed by atoms with van der Waals surface area (Å²) >= 11 is 0. The molecule has 0 radical (unpaired) electrons. The number of methoxy groups -OCH3 is 2. The Morgan fingerprint density at radius 3 is 2.64 bits per heavy atom. The average molecular weight is 579 g/mol. The van der Waals surface area contributed by atoms with Crippen molar-refractivity contribution in [3.63, 3.8) is 0 Å². The molecule has 0 saturated carbocycles. The van der Waals surface area contributed by atoms with Gasteiger partial charge in [-0.2, -0.15) is 4.80 Å². The van der Waals surface area contributed by atoms with Gasteiger partial charge in [0.2, 0.25) is 17.6 Å². The number of tetrazole rings is 1. The summed E-state index contributed by atoms with van der Waals surface area (Å²) in [7, 11) is 3.06. The zero-order valence-corrected chi connectivity index (χ0v) is 23.2. The van der Waals surface area contributed by atoms with E-state index in [1.807, 2.05) is 0 Å². The van der Waals surface area contributed by atoms with Gasteiger partial charge in [-0.3, -0.25) is 9.59 Å². The summed E-state index contributed by atoms with van der Waals surface area (Å²) in [5, 5.41) is 15.4. The second-order valence-corrected chi connectivity index (χ2v) is 9.65. The fourth-order valence-electron chi connectivity index (χ4n) is 4.74. The lowest BCUT2D eigenvalue weighted by Crippen LogP contribution is -2.46. The van der Waals surface area contributed by atoms with Gasteiger partial charge in [-0.15, -0.1) is 10.2 Å². The van der Waals surface area contributed by atoms with Gasteiger partial charge in [0.15, 0.2) is 11.5 Å². The predicted molar refractivity (Wildman–Crippen MR) is 147 cm³/mol. The van der Waals surface area contributed by atoms with Crippen LogP contribution in [-0.2, 0) is 27.4 Å². The van der Waals surface area contributed by atoms with Crippen molar-refractivity contribution in [3.05, 3.63) is 78.0 Å². The summed E-state index contributed by atoms with van der Waals surface area (Å²) in [4.78, 5) is 30.0. The van der Waals surface area contributed by atoms with Gasteiger partial charge < -0.3 is 28.8 Å². The van der Waals surface area contributed by atoms with Crippen LogP contribution in [0.2, 0.25) is 0 Å². The quantitative estimate of drug-likeness (QED) is 0.269. The van der Waals surface area contributed by atoms with Gasteiger partial charge >= 0.3 is 0 Å². The molecule has 2 amide bonds. The molecule has 12 nitrogen and oxygen atoms in total. The van der Waals surface area contributed by atoms with Crippen LogP contribution in [0.15, 0.2) is 65.3 Å². The third-order valence-electron chi connectivity index (χ3n) is 6.87. The Kier molecular flexibility index (Phi) is 9.07. The zero-order valence-electron chi connectivity index (χ0n) is 23.2. The first-order chi connectivity index (χ1) is 20.4. The van der Waals surface area contributed by atoms with Crippen molar-refractivity contribution in [1.82, 2.24) is 30.4 Å². The highest BCUT2D eigenvalue weighted by molar-refractivity contribution is 5.88. The largest absolute Gasteiger partial charge is 0.493 e. The van der Waals surface area contributed by atoms with Crippen LogP contribution in [0.3, 0.4) is 0 Å². The van der Waals surface area contributed by atoms with Crippen molar-refractivity contribution >= 4 is 11.8 Å². The van der Waals surface area contributed by atoms with Crippen LogP contribution < -0.4 is 14.8 Å². The lowest BCUT2D eigenvalue weighted by molar-refractivity contribution is -0.142. The van der Waals surface area contributed by atoms with E-state index < -0.39 is 23.7 Å². The molecule has 0 bridgehead atoms. The number of nitrogens with zero attached hydrogens (tertiary/aromatic N) is 5. The number of benzene rings is 2. The standard InChI is InChI=1S/C29H31FN6O6/c1-39-24-12-9-20(15-25(24)40-2)28-32-34-36(33-28)18-26(37)35(17-23-6-4-14-42-23)27(19-7-10-21(30)11-8-19)29(38)31-16-22-5-3-13-41-22/h4,6-12,14-15,22,27H,3,5,13,16-18H2,1-2H3,(H,31,38). The monoisotopic (exact) mass is 578 g/mol. The molecule has 220 valence electrons. The second kappa shape index (κ2) is 13.3. The van der Waals surface area contributed by atoms with Gasteiger partial charge in [-0.1, -0.05) is 12.1 Å². The molecule has 4 aromatic rings. The van der Waals surface area contributed by atoms with E-state index in [2.05, 4.69) is 20.7 Å². The van der Waals surface area contributed by atoms with E-state index in [1.54, 1.807) is 30.3 Å². The van der Waals surface area contributed by atoms with E-state index in [0.29, 0.717) is 41.5 Å². The van der Waals surface area contributed by atoms with Crippen LogP contribution in [-0.4, -0.2) is 70.4 Å². The van der Waals surface area contributed by atoms with E-state index in [9.17, 15) is 14.0 Å². The van der Waals surface area contributed by atoms with Crippen molar-refractivity contribution < 1.29 is 32.6 Å². The number of ether oxygens (including phenoxy) is 3. The number of furan rings is 1. The van der Waals surface area contributed by atoms with Gasteiger partial charge in [-0.05, 0) is 66.1 Å². The highest BCUT2D eigenvalue weighted by Gasteiger charge is 2.33. The van der Waals surface area contributed by atoms with Crippen molar-refractivity contribution in [2.75, 3.05) is 27.4 Å².